The van der Waals surface area contributed by atoms with Crippen LogP contribution >= 0.6 is 23.2 Å². The van der Waals surface area contributed by atoms with E-state index in [1.165, 1.54) is 56.7 Å². The van der Waals surface area contributed by atoms with Gasteiger partial charge >= 0.3 is 0 Å². The molecule has 0 radical (unpaired) electrons. The largest absolute Gasteiger partial charge is 0.493 e. The minimum absolute atomic E-state index is 0.0269. The second-order valence-corrected chi connectivity index (χ2v) is 9.89. The summed E-state index contributed by atoms with van der Waals surface area (Å²) in [6.45, 7) is -0.353. The van der Waals surface area contributed by atoms with Crippen molar-refractivity contribution in [3.05, 3.63) is 81.6 Å². The van der Waals surface area contributed by atoms with Crippen LogP contribution in [-0.4, -0.2) is 34.8 Å². The Balaban J connectivity index is 2.15. The molecule has 1 N–H and O–H groups in total. The summed E-state index contributed by atoms with van der Waals surface area (Å²) in [6, 6.07) is 13.0. The first-order chi connectivity index (χ1) is 16.0. The Bertz CT molecular complexity index is 1330. The van der Waals surface area contributed by atoms with Gasteiger partial charge < -0.3 is 14.8 Å². The Hall–Kier alpha value is -3.01. The second-order valence-electron chi connectivity index (χ2n) is 7.17. The van der Waals surface area contributed by atoms with Crippen LogP contribution in [0.3, 0.4) is 0 Å². The van der Waals surface area contributed by atoms with Gasteiger partial charge in [-0.25, -0.2) is 12.8 Å². The van der Waals surface area contributed by atoms with Crippen molar-refractivity contribution >= 4 is 50.5 Å². The summed E-state index contributed by atoms with van der Waals surface area (Å²) in [6.07, 6.45) is 0.963. The third-order valence-electron chi connectivity index (χ3n) is 4.86. The molecule has 11 heteroatoms. The molecular formula is C23H21Cl2FN2O5S. The van der Waals surface area contributed by atoms with E-state index in [0.29, 0.717) is 10.7 Å². The highest BCUT2D eigenvalue weighted by Gasteiger charge is 2.27. The number of halogens is 3. The molecule has 0 spiro atoms. The Labute approximate surface area is 207 Å². The first-order valence-corrected chi connectivity index (χ1v) is 12.4. The van der Waals surface area contributed by atoms with E-state index in [-0.39, 0.29) is 39.9 Å². The number of carbonyl (C=O) groups is 1. The van der Waals surface area contributed by atoms with Gasteiger partial charge in [-0.3, -0.25) is 9.10 Å². The number of hydrogen-bond donors (Lipinski definition) is 1. The van der Waals surface area contributed by atoms with E-state index in [2.05, 4.69) is 5.32 Å². The van der Waals surface area contributed by atoms with Gasteiger partial charge in [0.05, 0.1) is 48.3 Å². The van der Waals surface area contributed by atoms with Gasteiger partial charge in [0.1, 0.15) is 5.82 Å². The van der Waals surface area contributed by atoms with Crippen LogP contribution in [0.4, 0.5) is 15.8 Å². The van der Waals surface area contributed by atoms with Gasteiger partial charge in [0, 0.05) is 17.3 Å². The number of nitrogens with zero attached hydrogens (tertiary/aromatic N) is 1. The average Bonchev–Trinajstić information content (AvgIpc) is 2.79. The minimum atomic E-state index is -3.97. The van der Waals surface area contributed by atoms with Crippen LogP contribution in [0.5, 0.6) is 11.5 Å². The van der Waals surface area contributed by atoms with Gasteiger partial charge in [-0.05, 0) is 30.3 Å². The molecule has 7 nitrogen and oxygen atoms in total. The van der Waals surface area contributed by atoms with E-state index in [0.717, 1.165) is 10.6 Å². The van der Waals surface area contributed by atoms with Crippen LogP contribution in [0, 0.1) is 5.82 Å². The van der Waals surface area contributed by atoms with E-state index in [4.69, 9.17) is 32.7 Å². The summed E-state index contributed by atoms with van der Waals surface area (Å²) in [5.41, 5.74) is 0.380. The van der Waals surface area contributed by atoms with Gasteiger partial charge in [-0.2, -0.15) is 0 Å². The molecule has 0 aliphatic heterocycles. The zero-order valence-electron chi connectivity index (χ0n) is 18.4. The molecule has 3 aromatic carbocycles. The van der Waals surface area contributed by atoms with Crippen LogP contribution in [0.15, 0.2) is 54.6 Å². The van der Waals surface area contributed by atoms with Gasteiger partial charge in [-0.1, -0.05) is 41.4 Å². The fraction of sp³-hybridized carbons (Fsp3) is 0.174. The summed E-state index contributed by atoms with van der Waals surface area (Å²) in [5.74, 6) is -0.856. The highest BCUT2D eigenvalue weighted by molar-refractivity contribution is 7.92. The van der Waals surface area contributed by atoms with Crippen molar-refractivity contribution in [1.29, 1.82) is 0 Å². The predicted molar refractivity (Wildman–Crippen MR) is 131 cm³/mol. The molecule has 3 rings (SSSR count). The standard InChI is InChI=1S/C23H21Cl2FN2O5S/c1-32-21-11-16(23(29)27-15-8-9-17(24)18(25)10-15)20(12-22(21)33-2)28(34(3,30)31)13-14-6-4-5-7-19(14)26/h4-12H,13H2,1-3H3,(H,27,29). The normalized spacial score (nSPS) is 11.1. The molecule has 0 aliphatic carbocycles. The lowest BCUT2D eigenvalue weighted by Gasteiger charge is -2.26. The molecule has 180 valence electrons. The number of rotatable bonds is 8. The summed E-state index contributed by atoms with van der Waals surface area (Å²) in [7, 11) is -1.21. The molecule has 0 aromatic heterocycles. The number of nitrogens with one attached hydrogen (secondary N) is 1. The monoisotopic (exact) mass is 526 g/mol. The number of carbonyl (C=O) groups excluding carboxylic acids is 1. The molecule has 0 atom stereocenters. The van der Waals surface area contributed by atoms with E-state index in [1.807, 2.05) is 0 Å². The lowest BCUT2D eigenvalue weighted by atomic mass is 10.1. The first kappa shape index (κ1) is 25.6. The quantitative estimate of drug-likeness (QED) is 0.426. The van der Waals surface area contributed by atoms with Crippen LogP contribution in [0.1, 0.15) is 15.9 Å². The SMILES string of the molecule is COc1cc(C(=O)Nc2ccc(Cl)c(Cl)c2)c(N(Cc2ccccc2F)S(C)(=O)=O)cc1OC. The Morgan fingerprint density at radius 2 is 1.65 bits per heavy atom. The first-order valence-electron chi connectivity index (χ1n) is 9.78. The number of anilines is 2. The van der Waals surface area contributed by atoms with Crippen LogP contribution in [0.25, 0.3) is 0 Å². The van der Waals surface area contributed by atoms with Crippen molar-refractivity contribution in [2.45, 2.75) is 6.54 Å². The van der Waals surface area contributed by atoms with Crippen molar-refractivity contribution in [3.8, 4) is 11.5 Å². The molecule has 3 aromatic rings. The van der Waals surface area contributed by atoms with Crippen LogP contribution < -0.4 is 19.1 Å². The summed E-state index contributed by atoms with van der Waals surface area (Å²) < 4.78 is 51.5. The molecule has 0 unspecified atom stereocenters. The zero-order valence-corrected chi connectivity index (χ0v) is 20.8. The molecule has 0 saturated carbocycles. The third kappa shape index (κ3) is 5.72. The van der Waals surface area contributed by atoms with Crippen molar-refractivity contribution in [2.75, 3.05) is 30.1 Å². The van der Waals surface area contributed by atoms with Gasteiger partial charge in [0.15, 0.2) is 11.5 Å². The van der Waals surface area contributed by atoms with Crippen molar-refractivity contribution < 1.29 is 27.1 Å². The van der Waals surface area contributed by atoms with E-state index in [1.54, 1.807) is 12.1 Å². The number of benzene rings is 3. The number of amides is 1. The molecule has 0 saturated heterocycles. The van der Waals surface area contributed by atoms with Crippen LogP contribution in [-0.2, 0) is 16.6 Å². The topological polar surface area (TPSA) is 84.9 Å². The highest BCUT2D eigenvalue weighted by atomic mass is 35.5. The number of ether oxygens (including phenoxy) is 2. The zero-order chi connectivity index (χ0) is 25.0. The average molecular weight is 527 g/mol. The maximum absolute atomic E-state index is 14.4. The van der Waals surface area contributed by atoms with Gasteiger partial charge in [0.25, 0.3) is 5.91 Å². The van der Waals surface area contributed by atoms with Crippen molar-refractivity contribution in [3.63, 3.8) is 0 Å². The fourth-order valence-corrected chi connectivity index (χ4v) is 4.37. The van der Waals surface area contributed by atoms with Gasteiger partial charge in [0.2, 0.25) is 10.0 Å². The summed E-state index contributed by atoms with van der Waals surface area (Å²) in [4.78, 5) is 13.3. The summed E-state index contributed by atoms with van der Waals surface area (Å²) in [5, 5.41) is 3.19. The van der Waals surface area contributed by atoms with Crippen molar-refractivity contribution in [1.82, 2.24) is 0 Å². The Kier molecular flexibility index (Phi) is 7.91. The molecular weight excluding hydrogens is 506 g/mol. The lowest BCUT2D eigenvalue weighted by molar-refractivity contribution is 0.102. The number of sulfonamides is 1. The maximum atomic E-state index is 14.4. The molecule has 1 amide bonds. The van der Waals surface area contributed by atoms with Crippen LogP contribution in [0.2, 0.25) is 10.0 Å². The third-order valence-corrected chi connectivity index (χ3v) is 6.73. The smallest absolute Gasteiger partial charge is 0.257 e. The molecule has 0 fully saturated rings. The highest BCUT2D eigenvalue weighted by Crippen LogP contribution is 2.37. The van der Waals surface area contributed by atoms with Gasteiger partial charge in [-0.15, -0.1) is 0 Å². The second kappa shape index (κ2) is 10.5. The molecule has 0 aliphatic rings. The number of hydrogen-bond acceptors (Lipinski definition) is 5. The maximum Gasteiger partial charge on any atom is 0.257 e. The Morgan fingerprint density at radius 3 is 2.24 bits per heavy atom. The lowest BCUT2D eigenvalue weighted by Crippen LogP contribution is -2.32. The minimum Gasteiger partial charge on any atom is -0.493 e. The fourth-order valence-electron chi connectivity index (χ4n) is 3.19. The molecule has 0 heterocycles. The molecule has 0 bridgehead atoms. The molecule has 34 heavy (non-hydrogen) atoms. The van der Waals surface area contributed by atoms with Crippen molar-refractivity contribution in [2.24, 2.45) is 0 Å². The number of methoxy groups -OCH3 is 2. The summed E-state index contributed by atoms with van der Waals surface area (Å²) >= 11 is 12.0. The van der Waals surface area contributed by atoms with E-state index in [9.17, 15) is 17.6 Å². The van der Waals surface area contributed by atoms with E-state index >= 15 is 0 Å². The van der Waals surface area contributed by atoms with E-state index < -0.39 is 21.7 Å². The predicted octanol–water partition coefficient (Wildman–Crippen LogP) is 5.37. The Morgan fingerprint density at radius 1 is 1.00 bits per heavy atom.